The number of pyridine rings is 1. The molecule has 0 fully saturated rings. The van der Waals surface area contributed by atoms with Gasteiger partial charge in [-0.15, -0.1) is 0 Å². The van der Waals surface area contributed by atoms with Crippen LogP contribution in [0, 0.1) is 10.1 Å². The molecule has 27 heavy (non-hydrogen) atoms. The predicted molar refractivity (Wildman–Crippen MR) is 104 cm³/mol. The quantitative estimate of drug-likeness (QED) is 0.281. The first kappa shape index (κ1) is 18.4. The third-order valence-electron chi connectivity index (χ3n) is 3.75. The molecule has 0 radical (unpaired) electrons. The lowest BCUT2D eigenvalue weighted by molar-refractivity contribution is -0.384. The van der Waals surface area contributed by atoms with E-state index < -0.39 is 4.92 Å². The van der Waals surface area contributed by atoms with Crippen LogP contribution in [0.5, 0.6) is 0 Å². The summed E-state index contributed by atoms with van der Waals surface area (Å²) in [6.07, 6.45) is 4.77. The number of hydrogen-bond donors (Lipinski definition) is 2. The van der Waals surface area contributed by atoms with E-state index in [2.05, 4.69) is 15.6 Å². The Kier molecular flexibility index (Phi) is 5.68. The minimum Gasteiger partial charge on any atom is -0.378 e. The molecule has 138 valence electrons. The highest BCUT2D eigenvalue weighted by molar-refractivity contribution is 6.31. The van der Waals surface area contributed by atoms with Crippen molar-refractivity contribution in [1.29, 1.82) is 0 Å². The fourth-order valence-electron chi connectivity index (χ4n) is 2.51. The number of rotatable bonds is 7. The Hall–Kier alpha value is -3.39. The molecule has 2 heterocycles. The summed E-state index contributed by atoms with van der Waals surface area (Å²) in [6, 6.07) is 11.9. The number of halogens is 1. The van der Waals surface area contributed by atoms with E-state index in [-0.39, 0.29) is 11.6 Å². The second kappa shape index (κ2) is 8.33. The Morgan fingerprint density at radius 1 is 1.22 bits per heavy atom. The summed E-state index contributed by atoms with van der Waals surface area (Å²) in [5.41, 5.74) is 1.70. The van der Waals surface area contributed by atoms with Gasteiger partial charge in [-0.25, -0.2) is 4.98 Å². The van der Waals surface area contributed by atoms with Crippen molar-refractivity contribution in [1.82, 2.24) is 14.7 Å². The third-order valence-corrected chi connectivity index (χ3v) is 4.03. The van der Waals surface area contributed by atoms with Gasteiger partial charge in [0.25, 0.3) is 5.69 Å². The van der Waals surface area contributed by atoms with Gasteiger partial charge in [-0.3, -0.25) is 19.3 Å². The molecule has 0 bridgehead atoms. The molecule has 0 aliphatic rings. The average Bonchev–Trinajstić information content (AvgIpc) is 2.99. The van der Waals surface area contributed by atoms with Gasteiger partial charge >= 0.3 is 0 Å². The fraction of sp³-hybridized carbons (Fsp3) is 0.111. The number of nitro benzene ring substituents is 1. The van der Waals surface area contributed by atoms with Gasteiger partial charge in [0.05, 0.1) is 10.6 Å². The molecule has 0 saturated heterocycles. The van der Waals surface area contributed by atoms with Gasteiger partial charge in [0.1, 0.15) is 11.3 Å². The van der Waals surface area contributed by atoms with E-state index in [1.54, 1.807) is 28.7 Å². The molecule has 3 aromatic rings. The number of imidazole rings is 1. The lowest BCUT2D eigenvalue weighted by Gasteiger charge is -2.07. The number of carbonyl (C=O) groups excluding carboxylic acids is 1. The standard InChI is InChI=1S/C18H16ClN5O3/c19-18-15(23-12-4-3-7-16(23)22-18)8-9-17(25)21-11-10-20-13-5-1-2-6-14(13)24(26)27/h1-9,12,20H,10-11H2,(H,21,25). The highest BCUT2D eigenvalue weighted by atomic mass is 35.5. The van der Waals surface area contributed by atoms with Gasteiger partial charge in [-0.05, 0) is 24.3 Å². The largest absolute Gasteiger partial charge is 0.378 e. The second-order valence-electron chi connectivity index (χ2n) is 5.54. The van der Waals surface area contributed by atoms with Crippen LogP contribution in [0.25, 0.3) is 11.7 Å². The number of nitrogens with zero attached hydrogens (tertiary/aromatic N) is 3. The molecular weight excluding hydrogens is 370 g/mol. The van der Waals surface area contributed by atoms with E-state index in [4.69, 9.17) is 11.6 Å². The van der Waals surface area contributed by atoms with Crippen molar-refractivity contribution in [2.24, 2.45) is 0 Å². The maximum absolute atomic E-state index is 12.0. The van der Waals surface area contributed by atoms with E-state index in [0.29, 0.717) is 35.3 Å². The number of benzene rings is 1. The topological polar surface area (TPSA) is 102 Å². The van der Waals surface area contributed by atoms with Gasteiger partial charge < -0.3 is 10.6 Å². The molecule has 8 nitrogen and oxygen atoms in total. The van der Waals surface area contributed by atoms with E-state index in [1.165, 1.54) is 12.1 Å². The highest BCUT2D eigenvalue weighted by Gasteiger charge is 2.11. The Morgan fingerprint density at radius 3 is 2.81 bits per heavy atom. The predicted octanol–water partition coefficient (Wildman–Crippen LogP) is 3.14. The van der Waals surface area contributed by atoms with Crippen LogP contribution in [0.1, 0.15) is 5.69 Å². The minimum absolute atomic E-state index is 0.00836. The van der Waals surface area contributed by atoms with Gasteiger partial charge in [0.2, 0.25) is 5.91 Å². The Labute approximate surface area is 159 Å². The summed E-state index contributed by atoms with van der Waals surface area (Å²) in [6.45, 7) is 0.650. The average molecular weight is 386 g/mol. The summed E-state index contributed by atoms with van der Waals surface area (Å²) in [5, 5.41) is 16.9. The molecular formula is C18H16ClN5O3. The Morgan fingerprint density at radius 2 is 2.00 bits per heavy atom. The molecule has 9 heteroatoms. The first-order chi connectivity index (χ1) is 13.1. The number of carbonyl (C=O) groups is 1. The van der Waals surface area contributed by atoms with Crippen molar-refractivity contribution in [3.8, 4) is 0 Å². The lowest BCUT2D eigenvalue weighted by Crippen LogP contribution is -2.27. The number of nitro groups is 1. The number of para-hydroxylation sites is 2. The lowest BCUT2D eigenvalue weighted by atomic mass is 10.2. The van der Waals surface area contributed by atoms with E-state index in [0.717, 1.165) is 0 Å². The minimum atomic E-state index is -0.455. The van der Waals surface area contributed by atoms with Crippen molar-refractivity contribution in [2.45, 2.75) is 0 Å². The second-order valence-corrected chi connectivity index (χ2v) is 5.90. The van der Waals surface area contributed by atoms with Crippen molar-refractivity contribution >= 4 is 40.6 Å². The number of nitrogens with one attached hydrogen (secondary N) is 2. The van der Waals surface area contributed by atoms with Gasteiger partial charge in [-0.2, -0.15) is 0 Å². The molecule has 0 aliphatic heterocycles. The van der Waals surface area contributed by atoms with Crippen molar-refractivity contribution in [3.05, 3.63) is 75.7 Å². The smallest absolute Gasteiger partial charge is 0.292 e. The number of amides is 1. The van der Waals surface area contributed by atoms with E-state index in [9.17, 15) is 14.9 Å². The van der Waals surface area contributed by atoms with Crippen LogP contribution in [-0.4, -0.2) is 33.3 Å². The summed E-state index contributed by atoms with van der Waals surface area (Å²) in [5.74, 6) is -0.304. The number of aromatic nitrogens is 2. The van der Waals surface area contributed by atoms with E-state index >= 15 is 0 Å². The molecule has 2 N–H and O–H groups in total. The molecule has 2 aromatic heterocycles. The molecule has 1 amide bonds. The molecule has 1 aromatic carbocycles. The zero-order chi connectivity index (χ0) is 19.2. The molecule has 0 unspecified atom stereocenters. The van der Waals surface area contributed by atoms with Crippen molar-refractivity contribution < 1.29 is 9.72 Å². The summed E-state index contributed by atoms with van der Waals surface area (Å²) < 4.78 is 1.78. The molecule has 0 saturated carbocycles. The normalized spacial score (nSPS) is 11.0. The molecule has 0 spiro atoms. The van der Waals surface area contributed by atoms with Crippen LogP contribution in [0.4, 0.5) is 11.4 Å². The SMILES string of the molecule is O=C(C=Cc1c(Cl)nc2ccccn12)NCCNc1ccccc1[N+](=O)[O-]. The maximum Gasteiger partial charge on any atom is 0.292 e. The van der Waals surface area contributed by atoms with Crippen LogP contribution >= 0.6 is 11.6 Å². The first-order valence-corrected chi connectivity index (χ1v) is 8.50. The van der Waals surface area contributed by atoms with Crippen LogP contribution in [0.15, 0.2) is 54.7 Å². The van der Waals surface area contributed by atoms with Crippen LogP contribution in [-0.2, 0) is 4.79 Å². The summed E-state index contributed by atoms with van der Waals surface area (Å²) in [4.78, 5) is 26.7. The first-order valence-electron chi connectivity index (χ1n) is 8.12. The van der Waals surface area contributed by atoms with Crippen LogP contribution in [0.2, 0.25) is 5.15 Å². The number of fused-ring (bicyclic) bond motifs is 1. The Balaban J connectivity index is 1.54. The number of anilines is 1. The monoisotopic (exact) mass is 385 g/mol. The van der Waals surface area contributed by atoms with E-state index in [1.807, 2.05) is 24.4 Å². The third kappa shape index (κ3) is 4.42. The van der Waals surface area contributed by atoms with Crippen LogP contribution in [0.3, 0.4) is 0 Å². The zero-order valence-electron chi connectivity index (χ0n) is 14.1. The van der Waals surface area contributed by atoms with Crippen LogP contribution < -0.4 is 10.6 Å². The molecule has 0 atom stereocenters. The van der Waals surface area contributed by atoms with Gasteiger partial charge in [0, 0.05) is 31.4 Å². The molecule has 0 aliphatic carbocycles. The fourth-order valence-corrected chi connectivity index (χ4v) is 2.75. The highest BCUT2D eigenvalue weighted by Crippen LogP contribution is 2.22. The van der Waals surface area contributed by atoms with Crippen molar-refractivity contribution in [3.63, 3.8) is 0 Å². The Bertz CT molecular complexity index is 1020. The summed E-state index contributed by atoms with van der Waals surface area (Å²) in [7, 11) is 0. The van der Waals surface area contributed by atoms with Gasteiger partial charge in [-0.1, -0.05) is 29.8 Å². The maximum atomic E-state index is 12.0. The number of hydrogen-bond acceptors (Lipinski definition) is 5. The van der Waals surface area contributed by atoms with Gasteiger partial charge in [0.15, 0.2) is 5.15 Å². The summed E-state index contributed by atoms with van der Waals surface area (Å²) >= 11 is 6.11. The zero-order valence-corrected chi connectivity index (χ0v) is 14.9. The van der Waals surface area contributed by atoms with Crippen molar-refractivity contribution in [2.75, 3.05) is 18.4 Å². The molecule has 3 rings (SSSR count).